The Balaban J connectivity index is 1.21. The maximum absolute atomic E-state index is 11.4. The minimum Gasteiger partial charge on any atom is -0.356 e. The lowest BCUT2D eigenvalue weighted by Crippen LogP contribution is -2.29. The van der Waals surface area contributed by atoms with Crippen molar-refractivity contribution in [2.24, 2.45) is 11.8 Å². The molecule has 2 aliphatic heterocycles. The van der Waals surface area contributed by atoms with Crippen LogP contribution in [0.5, 0.6) is 0 Å². The molecule has 0 aliphatic carbocycles. The Bertz CT molecular complexity index is 1020. The standard InChI is InChI=1S/C23H24N4O2/c28-23(25-29)19-7-8-22(24-10-19)27-14-20-12-26(13-21(20)15-27)11-16-5-6-17-3-1-2-4-18(17)9-16/h1-10,20-21,29H,11-15H2,(H,25,28)/t20-,21+. The maximum Gasteiger partial charge on any atom is 0.276 e. The Kier molecular flexibility index (Phi) is 4.66. The second kappa shape index (κ2) is 7.46. The first-order valence-corrected chi connectivity index (χ1v) is 10.0. The summed E-state index contributed by atoms with van der Waals surface area (Å²) in [6.45, 7) is 5.22. The summed E-state index contributed by atoms with van der Waals surface area (Å²) in [4.78, 5) is 20.7. The zero-order valence-electron chi connectivity index (χ0n) is 16.2. The smallest absolute Gasteiger partial charge is 0.276 e. The average molecular weight is 388 g/mol. The van der Waals surface area contributed by atoms with Crippen molar-refractivity contribution < 1.29 is 10.0 Å². The van der Waals surface area contributed by atoms with Gasteiger partial charge in [-0.2, -0.15) is 0 Å². The molecule has 3 heterocycles. The van der Waals surface area contributed by atoms with Gasteiger partial charge in [0.1, 0.15) is 5.82 Å². The number of hydrogen-bond acceptors (Lipinski definition) is 5. The maximum atomic E-state index is 11.4. The second-order valence-corrected chi connectivity index (χ2v) is 8.15. The third kappa shape index (κ3) is 3.57. The molecule has 0 radical (unpaired) electrons. The zero-order valence-corrected chi connectivity index (χ0v) is 16.2. The van der Waals surface area contributed by atoms with Gasteiger partial charge in [0.05, 0.1) is 5.56 Å². The van der Waals surface area contributed by atoms with E-state index in [1.165, 1.54) is 22.5 Å². The van der Waals surface area contributed by atoms with Crippen LogP contribution >= 0.6 is 0 Å². The SMILES string of the molecule is O=C(NO)c1ccc(N2C[C@H]3CN(Cc4ccc5ccccc5c4)C[C@H]3C2)nc1. The highest BCUT2D eigenvalue weighted by atomic mass is 16.5. The molecular weight excluding hydrogens is 364 g/mol. The number of benzene rings is 2. The number of likely N-dealkylation sites (tertiary alicyclic amines) is 1. The van der Waals surface area contributed by atoms with E-state index >= 15 is 0 Å². The van der Waals surface area contributed by atoms with Gasteiger partial charge >= 0.3 is 0 Å². The van der Waals surface area contributed by atoms with Gasteiger partial charge in [-0.3, -0.25) is 14.9 Å². The quantitative estimate of drug-likeness (QED) is 0.531. The predicted octanol–water partition coefficient (Wildman–Crippen LogP) is 2.92. The van der Waals surface area contributed by atoms with Crippen molar-refractivity contribution >= 4 is 22.5 Å². The fraction of sp³-hybridized carbons (Fsp3) is 0.304. The van der Waals surface area contributed by atoms with Crippen LogP contribution in [-0.2, 0) is 6.54 Å². The topological polar surface area (TPSA) is 68.7 Å². The minimum atomic E-state index is -0.535. The summed E-state index contributed by atoms with van der Waals surface area (Å²) in [5, 5.41) is 11.3. The largest absolute Gasteiger partial charge is 0.356 e. The Morgan fingerprint density at radius 3 is 2.45 bits per heavy atom. The fourth-order valence-corrected chi connectivity index (χ4v) is 4.77. The van der Waals surface area contributed by atoms with Crippen LogP contribution in [0.4, 0.5) is 5.82 Å². The fourth-order valence-electron chi connectivity index (χ4n) is 4.77. The number of carbonyl (C=O) groups excluding carboxylic acids is 1. The van der Waals surface area contributed by atoms with Crippen LogP contribution in [0.3, 0.4) is 0 Å². The van der Waals surface area contributed by atoms with Gasteiger partial charge in [0.15, 0.2) is 0 Å². The summed E-state index contributed by atoms with van der Waals surface area (Å²) in [7, 11) is 0. The van der Waals surface area contributed by atoms with E-state index in [4.69, 9.17) is 5.21 Å². The molecule has 2 atom stereocenters. The first-order chi connectivity index (χ1) is 14.2. The number of nitrogens with zero attached hydrogens (tertiary/aromatic N) is 3. The van der Waals surface area contributed by atoms with E-state index in [-0.39, 0.29) is 0 Å². The van der Waals surface area contributed by atoms with Crippen LogP contribution in [0.25, 0.3) is 10.8 Å². The van der Waals surface area contributed by atoms with Crippen molar-refractivity contribution in [2.45, 2.75) is 6.54 Å². The third-order valence-electron chi connectivity index (χ3n) is 6.22. The Morgan fingerprint density at radius 2 is 1.76 bits per heavy atom. The highest BCUT2D eigenvalue weighted by Crippen LogP contribution is 2.34. The Morgan fingerprint density at radius 1 is 1.00 bits per heavy atom. The number of nitrogens with one attached hydrogen (secondary N) is 1. The molecule has 1 amide bonds. The highest BCUT2D eigenvalue weighted by molar-refractivity contribution is 5.93. The molecule has 2 fully saturated rings. The second-order valence-electron chi connectivity index (χ2n) is 8.15. The first-order valence-electron chi connectivity index (χ1n) is 10.0. The Hall–Kier alpha value is -2.96. The van der Waals surface area contributed by atoms with Crippen molar-refractivity contribution in [3.8, 4) is 0 Å². The number of rotatable bonds is 4. The number of carbonyl (C=O) groups is 1. The molecule has 0 unspecified atom stereocenters. The lowest BCUT2D eigenvalue weighted by atomic mass is 10.0. The van der Waals surface area contributed by atoms with Gasteiger partial charge in [-0.05, 0) is 46.4 Å². The van der Waals surface area contributed by atoms with E-state index in [9.17, 15) is 4.79 Å². The molecule has 2 saturated heterocycles. The van der Waals surface area contributed by atoms with E-state index in [1.807, 2.05) is 6.07 Å². The molecule has 5 rings (SSSR count). The Labute approximate surface area is 169 Å². The average Bonchev–Trinajstić information content (AvgIpc) is 3.32. The molecular formula is C23H24N4O2. The minimum absolute atomic E-state index is 0.359. The number of fused-ring (bicyclic) bond motifs is 2. The lowest BCUT2D eigenvalue weighted by molar-refractivity contribution is 0.0706. The molecule has 0 saturated carbocycles. The third-order valence-corrected chi connectivity index (χ3v) is 6.22. The highest BCUT2D eigenvalue weighted by Gasteiger charge is 2.40. The normalized spacial score (nSPS) is 21.5. The lowest BCUT2D eigenvalue weighted by Gasteiger charge is -2.22. The van der Waals surface area contributed by atoms with Crippen LogP contribution in [0, 0.1) is 11.8 Å². The van der Waals surface area contributed by atoms with Gasteiger partial charge < -0.3 is 4.90 Å². The summed E-state index contributed by atoms with van der Waals surface area (Å²) >= 11 is 0. The number of pyridine rings is 1. The van der Waals surface area contributed by atoms with Crippen LogP contribution in [-0.4, -0.2) is 47.2 Å². The molecule has 6 nitrogen and oxygen atoms in total. The van der Waals surface area contributed by atoms with Crippen molar-refractivity contribution in [3.63, 3.8) is 0 Å². The molecule has 3 aromatic rings. The van der Waals surface area contributed by atoms with Crippen LogP contribution < -0.4 is 10.4 Å². The van der Waals surface area contributed by atoms with Gasteiger partial charge in [0.25, 0.3) is 5.91 Å². The molecule has 0 bridgehead atoms. The molecule has 2 N–H and O–H groups in total. The number of aromatic nitrogens is 1. The number of hydrogen-bond donors (Lipinski definition) is 2. The molecule has 148 valence electrons. The number of amides is 1. The summed E-state index contributed by atoms with van der Waals surface area (Å²) < 4.78 is 0. The van der Waals surface area contributed by atoms with Crippen LogP contribution in [0.15, 0.2) is 60.8 Å². The molecule has 2 aliphatic rings. The number of hydroxylamine groups is 1. The van der Waals surface area contributed by atoms with Gasteiger partial charge in [-0.1, -0.05) is 36.4 Å². The van der Waals surface area contributed by atoms with Crippen molar-refractivity contribution in [1.82, 2.24) is 15.4 Å². The van der Waals surface area contributed by atoms with E-state index in [0.29, 0.717) is 17.4 Å². The van der Waals surface area contributed by atoms with Crippen molar-refractivity contribution in [3.05, 3.63) is 71.9 Å². The zero-order chi connectivity index (χ0) is 19.8. The molecule has 29 heavy (non-hydrogen) atoms. The molecule has 2 aromatic carbocycles. The van der Waals surface area contributed by atoms with E-state index in [0.717, 1.165) is 38.5 Å². The molecule has 6 heteroatoms. The van der Waals surface area contributed by atoms with Gasteiger partial charge in [-0.25, -0.2) is 10.5 Å². The van der Waals surface area contributed by atoms with Gasteiger partial charge in [0.2, 0.25) is 0 Å². The predicted molar refractivity (Wildman–Crippen MR) is 112 cm³/mol. The van der Waals surface area contributed by atoms with Gasteiger partial charge in [0, 0.05) is 38.9 Å². The molecule has 0 spiro atoms. The number of anilines is 1. The summed E-state index contributed by atoms with van der Waals surface area (Å²) in [6.07, 6.45) is 1.51. The van der Waals surface area contributed by atoms with E-state index < -0.39 is 5.91 Å². The monoisotopic (exact) mass is 388 g/mol. The van der Waals surface area contributed by atoms with Crippen molar-refractivity contribution in [2.75, 3.05) is 31.1 Å². The van der Waals surface area contributed by atoms with E-state index in [1.54, 1.807) is 11.5 Å². The van der Waals surface area contributed by atoms with E-state index in [2.05, 4.69) is 57.2 Å². The van der Waals surface area contributed by atoms with Gasteiger partial charge in [-0.15, -0.1) is 0 Å². The van der Waals surface area contributed by atoms with Crippen molar-refractivity contribution in [1.29, 1.82) is 0 Å². The molecule has 1 aromatic heterocycles. The first kappa shape index (κ1) is 18.1. The van der Waals surface area contributed by atoms with Crippen LogP contribution in [0.2, 0.25) is 0 Å². The summed E-state index contributed by atoms with van der Waals surface area (Å²) in [6, 6.07) is 18.8. The summed E-state index contributed by atoms with van der Waals surface area (Å²) in [5.74, 6) is 1.66. The van der Waals surface area contributed by atoms with Crippen LogP contribution in [0.1, 0.15) is 15.9 Å². The summed E-state index contributed by atoms with van der Waals surface area (Å²) in [5.41, 5.74) is 3.37.